The average Bonchev–Trinajstić information content (AvgIpc) is 3.00. The first-order valence-electron chi connectivity index (χ1n) is 17.1. The number of hydrogen-bond acceptors (Lipinski definition) is 7. The Kier molecular flexibility index (Phi) is 17.5. The molecule has 1 atom stereocenters. The van der Waals surface area contributed by atoms with Crippen LogP contribution in [0.2, 0.25) is 6.04 Å². The topological polar surface area (TPSA) is 80.3 Å². The largest absolute Gasteiger partial charge is 0.501 e. The lowest BCUT2D eigenvalue weighted by Crippen LogP contribution is -2.74. The zero-order valence-electron chi connectivity index (χ0n) is 32.5. The molecule has 0 N–H and O–H groups in total. The van der Waals surface area contributed by atoms with Gasteiger partial charge in [0, 0.05) is 24.4 Å². The molecule has 1 unspecified atom stereocenters. The zero-order valence-corrected chi connectivity index (χ0v) is 33.5. The Morgan fingerprint density at radius 2 is 0.877 bits per heavy atom. The SMILES string of the molecule is CCC(C)(CC(C)(C)C(=O)OCCC(F)(F)C(F)(F)C(F)(F)C(F)(F)C(F)(F)C(F)(F)C(F)(F)C(F)(F)F)C(=O)OCCC[Si](OC(C)C)(OC(C)C)OC(C)C. The van der Waals surface area contributed by atoms with Crippen LogP contribution in [-0.2, 0) is 32.3 Å². The summed E-state index contributed by atoms with van der Waals surface area (Å²) in [6.07, 6.45) is -12.1. The molecule has 0 aliphatic heterocycles. The van der Waals surface area contributed by atoms with Crippen LogP contribution in [0.5, 0.6) is 0 Å². The molecule has 0 amide bonds. The van der Waals surface area contributed by atoms with Crippen molar-refractivity contribution < 1.29 is 107 Å². The number of carbonyl (C=O) groups excluding carboxylic acids is 2. The van der Waals surface area contributed by atoms with Crippen molar-refractivity contribution in [2.45, 2.75) is 167 Å². The molecule has 0 aromatic heterocycles. The summed E-state index contributed by atoms with van der Waals surface area (Å²) in [4.78, 5) is 25.9. The molecule has 7 nitrogen and oxygen atoms in total. The molecular formula is C32H47F17O7Si. The van der Waals surface area contributed by atoms with Gasteiger partial charge in [-0.05, 0) is 81.6 Å². The van der Waals surface area contributed by atoms with Crippen molar-refractivity contribution in [2.24, 2.45) is 10.8 Å². The van der Waals surface area contributed by atoms with E-state index in [1.807, 2.05) is 0 Å². The molecule has 0 rings (SSSR count). The Morgan fingerprint density at radius 3 is 1.23 bits per heavy atom. The Morgan fingerprint density at radius 1 is 0.526 bits per heavy atom. The maximum atomic E-state index is 14.3. The fourth-order valence-electron chi connectivity index (χ4n) is 5.17. The molecule has 0 bridgehead atoms. The fourth-order valence-corrected chi connectivity index (χ4v) is 8.43. The van der Waals surface area contributed by atoms with E-state index in [0.29, 0.717) is 0 Å². The number of ether oxygens (including phenoxy) is 2. The average molecular weight is 895 g/mol. The van der Waals surface area contributed by atoms with Crippen LogP contribution in [0.4, 0.5) is 74.6 Å². The van der Waals surface area contributed by atoms with E-state index in [1.165, 1.54) is 13.8 Å². The van der Waals surface area contributed by atoms with Gasteiger partial charge in [0.1, 0.15) is 0 Å². The van der Waals surface area contributed by atoms with Gasteiger partial charge in [-0.15, -0.1) is 0 Å². The second-order valence-corrected chi connectivity index (χ2v) is 17.5. The van der Waals surface area contributed by atoms with Gasteiger partial charge in [-0.2, -0.15) is 74.6 Å². The van der Waals surface area contributed by atoms with Crippen LogP contribution in [-0.4, -0.2) is 99.9 Å². The highest BCUT2D eigenvalue weighted by Gasteiger charge is 2.95. The number of halogens is 17. The minimum Gasteiger partial charge on any atom is -0.465 e. The minimum atomic E-state index is -8.75. The summed E-state index contributed by atoms with van der Waals surface area (Å²) in [6.45, 7) is 13.1. The lowest BCUT2D eigenvalue weighted by atomic mass is 9.72. The van der Waals surface area contributed by atoms with Crippen LogP contribution in [0.25, 0.3) is 0 Å². The summed E-state index contributed by atoms with van der Waals surface area (Å²) < 4.78 is 258. The lowest BCUT2D eigenvalue weighted by Gasteiger charge is -2.42. The van der Waals surface area contributed by atoms with Crippen molar-refractivity contribution >= 4 is 20.7 Å². The highest BCUT2D eigenvalue weighted by Crippen LogP contribution is 2.64. The quantitative estimate of drug-likeness (QED) is 0.0413. The van der Waals surface area contributed by atoms with Gasteiger partial charge < -0.3 is 22.8 Å². The van der Waals surface area contributed by atoms with Gasteiger partial charge in [0.15, 0.2) is 0 Å². The first-order valence-corrected chi connectivity index (χ1v) is 19.0. The van der Waals surface area contributed by atoms with E-state index in [0.717, 1.165) is 13.8 Å². The Balaban J connectivity index is 5.95. The predicted octanol–water partition coefficient (Wildman–Crippen LogP) is 10.9. The standard InChI is InChI=1S/C32H47F17O7Si/c1-11-24(10,22(51)52-14-12-16-57(54-18(2)3,55-19(4)5)56-20(6)7)17-23(8,9)21(50)53-15-13-25(33,34)26(35,36)27(37,38)28(39,40)29(41,42)30(43,44)31(45,46)32(47,48)49/h18-20H,11-17H2,1-10H3. The monoisotopic (exact) mass is 894 g/mol. The number of esters is 2. The van der Waals surface area contributed by atoms with Gasteiger partial charge in [-0.3, -0.25) is 9.59 Å². The van der Waals surface area contributed by atoms with Gasteiger partial charge in [0.25, 0.3) is 0 Å². The van der Waals surface area contributed by atoms with Crippen LogP contribution in [0, 0.1) is 10.8 Å². The second kappa shape index (κ2) is 18.2. The highest BCUT2D eigenvalue weighted by atomic mass is 28.4. The van der Waals surface area contributed by atoms with Gasteiger partial charge >= 0.3 is 68.4 Å². The van der Waals surface area contributed by atoms with E-state index < -0.39 is 98.7 Å². The minimum absolute atomic E-state index is 0.0587. The van der Waals surface area contributed by atoms with Crippen molar-refractivity contribution in [3.05, 3.63) is 0 Å². The van der Waals surface area contributed by atoms with E-state index in [2.05, 4.69) is 4.74 Å². The van der Waals surface area contributed by atoms with Crippen molar-refractivity contribution in [3.8, 4) is 0 Å². The summed E-state index contributed by atoms with van der Waals surface area (Å²) in [5.41, 5.74) is -3.49. The summed E-state index contributed by atoms with van der Waals surface area (Å²) in [7, 11) is -3.31. The van der Waals surface area contributed by atoms with Crippen molar-refractivity contribution in [1.82, 2.24) is 0 Å². The molecule has 0 aromatic carbocycles. The molecule has 0 heterocycles. The van der Waals surface area contributed by atoms with E-state index in [9.17, 15) is 84.2 Å². The number of alkyl halides is 17. The zero-order chi connectivity index (χ0) is 45.9. The van der Waals surface area contributed by atoms with Crippen molar-refractivity contribution in [3.63, 3.8) is 0 Å². The van der Waals surface area contributed by atoms with Crippen molar-refractivity contribution in [1.29, 1.82) is 0 Å². The first-order chi connectivity index (χ1) is 25.0. The Hall–Kier alpha value is -2.15. The maximum Gasteiger partial charge on any atom is 0.501 e. The molecule has 0 saturated carbocycles. The van der Waals surface area contributed by atoms with Crippen LogP contribution in [0.3, 0.4) is 0 Å². The molecule has 0 saturated heterocycles. The number of hydrogen-bond donors (Lipinski definition) is 0. The maximum absolute atomic E-state index is 14.3. The molecule has 0 aliphatic rings. The second-order valence-electron chi connectivity index (χ2n) is 14.9. The third-order valence-corrected chi connectivity index (χ3v) is 11.7. The molecule has 0 fully saturated rings. The Labute approximate surface area is 319 Å². The molecule has 25 heteroatoms. The summed E-state index contributed by atoms with van der Waals surface area (Å²) >= 11 is 0. The van der Waals surface area contributed by atoms with Gasteiger partial charge in [0.2, 0.25) is 0 Å². The van der Waals surface area contributed by atoms with Crippen LogP contribution in [0.1, 0.15) is 94.9 Å². The molecule has 57 heavy (non-hydrogen) atoms. The Bertz CT molecular complexity index is 1310. The van der Waals surface area contributed by atoms with Gasteiger partial charge in [-0.25, -0.2) is 0 Å². The normalized spacial score (nSPS) is 16.0. The van der Waals surface area contributed by atoms with E-state index in [-0.39, 0.29) is 43.8 Å². The lowest BCUT2D eigenvalue weighted by molar-refractivity contribution is -0.461. The van der Waals surface area contributed by atoms with Crippen LogP contribution < -0.4 is 0 Å². The third-order valence-electron chi connectivity index (χ3n) is 8.20. The molecule has 340 valence electrons. The third kappa shape index (κ3) is 11.6. The molecule has 0 spiro atoms. The van der Waals surface area contributed by atoms with Crippen molar-refractivity contribution in [2.75, 3.05) is 13.2 Å². The summed E-state index contributed by atoms with van der Waals surface area (Å²) in [6, 6.07) is 0.200. The van der Waals surface area contributed by atoms with Gasteiger partial charge in [0.05, 0.1) is 30.5 Å². The molecule has 0 radical (unpaired) electrons. The molecule has 0 aromatic rings. The van der Waals surface area contributed by atoms with Crippen LogP contribution >= 0.6 is 0 Å². The number of carbonyl (C=O) groups is 2. The highest BCUT2D eigenvalue weighted by molar-refractivity contribution is 6.60. The predicted molar refractivity (Wildman–Crippen MR) is 168 cm³/mol. The summed E-state index contributed by atoms with van der Waals surface area (Å²) in [5.74, 6) is -59.9. The van der Waals surface area contributed by atoms with Crippen LogP contribution in [0.15, 0.2) is 0 Å². The first kappa shape index (κ1) is 54.8. The summed E-state index contributed by atoms with van der Waals surface area (Å²) in [5, 5.41) is 0. The van der Waals surface area contributed by atoms with E-state index in [1.54, 1.807) is 41.5 Å². The molecular weight excluding hydrogens is 847 g/mol. The van der Waals surface area contributed by atoms with Gasteiger partial charge in [-0.1, -0.05) is 6.92 Å². The number of rotatable bonds is 24. The molecule has 0 aliphatic carbocycles. The smallest absolute Gasteiger partial charge is 0.465 e. The van der Waals surface area contributed by atoms with E-state index >= 15 is 0 Å². The van der Waals surface area contributed by atoms with E-state index in [4.69, 9.17) is 18.0 Å². The fraction of sp³-hybridized carbons (Fsp3) is 0.938.